The Hall–Kier alpha value is -3.55. The van der Waals surface area contributed by atoms with Crippen LogP contribution in [-0.2, 0) is 0 Å². The van der Waals surface area contributed by atoms with E-state index in [2.05, 4.69) is 37.9 Å². The third kappa shape index (κ3) is 2.41. The van der Waals surface area contributed by atoms with Crippen LogP contribution in [0.3, 0.4) is 0 Å². The van der Waals surface area contributed by atoms with Crippen LogP contribution in [0.15, 0.2) is 42.6 Å². The smallest absolute Gasteiger partial charge is 0.153 e. The molecule has 5 rings (SSSR count). The lowest BCUT2D eigenvalue weighted by molar-refractivity contribution is 0.627. The number of nitrogens with zero attached hydrogens (tertiary/aromatic N) is 2. The molecule has 0 fully saturated rings. The Balaban J connectivity index is 1.53. The molecule has 27 heavy (non-hydrogen) atoms. The summed E-state index contributed by atoms with van der Waals surface area (Å²) in [7, 11) is 0. The summed E-state index contributed by atoms with van der Waals surface area (Å²) in [5.74, 6) is -0.0455. The van der Waals surface area contributed by atoms with Gasteiger partial charge in [0.2, 0.25) is 0 Å². The van der Waals surface area contributed by atoms with Gasteiger partial charge in [-0.2, -0.15) is 10.2 Å². The highest BCUT2D eigenvalue weighted by molar-refractivity contribution is 5.91. The van der Waals surface area contributed by atoms with Crippen molar-refractivity contribution in [1.29, 1.82) is 0 Å². The standard InChI is InChI=1S/C19H18FN7/c20-13-7-16-12(8-23-25-16)17(18(13)21)10-2-1-3-14(10)24-9-4-5-15-11(6-9)19(22)27-26-15/h1-2,4-8,10,14,24H,3,21H2,(H,23,25)(H3,22,26,27). The summed E-state index contributed by atoms with van der Waals surface area (Å²) in [5, 5.41) is 19.0. The maximum absolute atomic E-state index is 14.3. The highest BCUT2D eigenvalue weighted by atomic mass is 19.1. The highest BCUT2D eigenvalue weighted by Gasteiger charge is 2.29. The van der Waals surface area contributed by atoms with Crippen LogP contribution in [0.2, 0.25) is 0 Å². The number of aromatic amines is 2. The van der Waals surface area contributed by atoms with Crippen molar-refractivity contribution in [3.05, 3.63) is 54.0 Å². The van der Waals surface area contributed by atoms with Crippen LogP contribution in [0.25, 0.3) is 21.8 Å². The molecule has 4 aromatic rings. The van der Waals surface area contributed by atoms with Crippen LogP contribution in [0.5, 0.6) is 0 Å². The fraction of sp³-hybridized carbons (Fsp3) is 0.158. The Morgan fingerprint density at radius 1 is 1.11 bits per heavy atom. The van der Waals surface area contributed by atoms with Crippen LogP contribution >= 0.6 is 0 Å². The van der Waals surface area contributed by atoms with Gasteiger partial charge in [0.05, 0.1) is 22.9 Å². The van der Waals surface area contributed by atoms with E-state index >= 15 is 0 Å². The highest BCUT2D eigenvalue weighted by Crippen LogP contribution is 2.39. The van der Waals surface area contributed by atoms with Gasteiger partial charge >= 0.3 is 0 Å². The first kappa shape index (κ1) is 15.7. The van der Waals surface area contributed by atoms with Crippen molar-refractivity contribution in [3.8, 4) is 0 Å². The molecule has 1 aliphatic rings. The normalized spacial score (nSPS) is 19.3. The molecule has 0 spiro atoms. The molecule has 2 aromatic carbocycles. The molecule has 1 aliphatic carbocycles. The molecule has 0 amide bonds. The molecule has 2 heterocycles. The van der Waals surface area contributed by atoms with Crippen molar-refractivity contribution < 1.29 is 4.39 Å². The zero-order chi connectivity index (χ0) is 18.5. The maximum Gasteiger partial charge on any atom is 0.153 e. The van der Waals surface area contributed by atoms with Gasteiger partial charge in [-0.15, -0.1) is 0 Å². The molecule has 0 aliphatic heterocycles. The SMILES string of the molecule is Nc1c(F)cc2[nH]ncc2c1C1C=CCC1Nc1ccc2[nH]nc(N)c2c1. The average Bonchev–Trinajstić information content (AvgIpc) is 3.38. The van der Waals surface area contributed by atoms with Gasteiger partial charge < -0.3 is 16.8 Å². The molecule has 0 saturated heterocycles. The number of aromatic nitrogens is 4. The quantitative estimate of drug-likeness (QED) is 0.282. The number of H-pyrrole nitrogens is 2. The largest absolute Gasteiger partial charge is 0.396 e. The summed E-state index contributed by atoms with van der Waals surface area (Å²) in [6, 6.07) is 7.29. The molecular weight excluding hydrogens is 345 g/mol. The van der Waals surface area contributed by atoms with E-state index in [0.717, 1.165) is 34.0 Å². The van der Waals surface area contributed by atoms with Crippen LogP contribution < -0.4 is 16.8 Å². The van der Waals surface area contributed by atoms with Crippen molar-refractivity contribution in [2.75, 3.05) is 16.8 Å². The molecule has 2 atom stereocenters. The molecule has 0 bridgehead atoms. The van der Waals surface area contributed by atoms with E-state index in [1.807, 2.05) is 18.2 Å². The second kappa shape index (κ2) is 5.73. The van der Waals surface area contributed by atoms with Crippen molar-refractivity contribution in [2.45, 2.75) is 18.4 Å². The summed E-state index contributed by atoms with van der Waals surface area (Å²) in [6.45, 7) is 0. The van der Waals surface area contributed by atoms with E-state index in [9.17, 15) is 4.39 Å². The number of nitrogens with two attached hydrogens (primary N) is 2. The number of hydrogen-bond acceptors (Lipinski definition) is 5. The summed E-state index contributed by atoms with van der Waals surface area (Å²) in [5.41, 5.74) is 15.4. The van der Waals surface area contributed by atoms with Crippen LogP contribution in [0.4, 0.5) is 21.6 Å². The molecule has 136 valence electrons. The number of benzene rings is 2. The van der Waals surface area contributed by atoms with E-state index < -0.39 is 5.82 Å². The molecule has 7 nitrogen and oxygen atoms in total. The summed E-state index contributed by atoms with van der Waals surface area (Å²) < 4.78 is 14.3. The zero-order valence-electron chi connectivity index (χ0n) is 14.3. The molecule has 7 N–H and O–H groups in total. The fourth-order valence-electron chi connectivity index (χ4n) is 3.89. The second-order valence-electron chi connectivity index (χ2n) is 6.83. The van der Waals surface area contributed by atoms with Gasteiger partial charge in [-0.25, -0.2) is 4.39 Å². The van der Waals surface area contributed by atoms with Gasteiger partial charge in [0.15, 0.2) is 5.82 Å². The molecular formula is C19H18FN7. The molecule has 2 aromatic heterocycles. The number of anilines is 3. The number of fused-ring (bicyclic) bond motifs is 2. The van der Waals surface area contributed by atoms with Gasteiger partial charge in [0, 0.05) is 34.5 Å². The fourth-order valence-corrected chi connectivity index (χ4v) is 3.89. The number of nitrogens with one attached hydrogen (secondary N) is 3. The first-order chi connectivity index (χ1) is 13.1. The zero-order valence-corrected chi connectivity index (χ0v) is 14.3. The Kier molecular flexibility index (Phi) is 3.33. The Morgan fingerprint density at radius 3 is 2.89 bits per heavy atom. The number of nitrogen functional groups attached to an aromatic ring is 2. The second-order valence-corrected chi connectivity index (χ2v) is 6.83. The Labute approximate surface area is 153 Å². The van der Waals surface area contributed by atoms with Gasteiger partial charge in [-0.1, -0.05) is 12.2 Å². The predicted molar refractivity (Wildman–Crippen MR) is 105 cm³/mol. The minimum atomic E-state index is -0.437. The Bertz CT molecular complexity index is 1190. The van der Waals surface area contributed by atoms with E-state index in [4.69, 9.17) is 11.5 Å². The topological polar surface area (TPSA) is 121 Å². The molecule has 2 unspecified atom stereocenters. The minimum Gasteiger partial charge on any atom is -0.396 e. The van der Waals surface area contributed by atoms with Gasteiger partial charge in [0.25, 0.3) is 0 Å². The number of hydrogen-bond donors (Lipinski definition) is 5. The maximum atomic E-state index is 14.3. The van der Waals surface area contributed by atoms with Gasteiger partial charge in [-0.3, -0.25) is 10.2 Å². The third-order valence-corrected chi connectivity index (χ3v) is 5.22. The van der Waals surface area contributed by atoms with Crippen molar-refractivity contribution >= 4 is 39.0 Å². The van der Waals surface area contributed by atoms with Crippen molar-refractivity contribution in [1.82, 2.24) is 20.4 Å². The van der Waals surface area contributed by atoms with E-state index in [0.29, 0.717) is 11.3 Å². The summed E-state index contributed by atoms with van der Waals surface area (Å²) in [6.07, 6.45) is 6.66. The van der Waals surface area contributed by atoms with E-state index in [-0.39, 0.29) is 17.6 Å². The first-order valence-corrected chi connectivity index (χ1v) is 8.69. The van der Waals surface area contributed by atoms with E-state index in [1.165, 1.54) is 6.07 Å². The van der Waals surface area contributed by atoms with Crippen LogP contribution in [0.1, 0.15) is 17.9 Å². The molecule has 0 saturated carbocycles. The summed E-state index contributed by atoms with van der Waals surface area (Å²) >= 11 is 0. The lowest BCUT2D eigenvalue weighted by Gasteiger charge is -2.24. The third-order valence-electron chi connectivity index (χ3n) is 5.22. The van der Waals surface area contributed by atoms with Crippen LogP contribution in [0, 0.1) is 5.82 Å². The van der Waals surface area contributed by atoms with Crippen molar-refractivity contribution in [2.24, 2.45) is 0 Å². The van der Waals surface area contributed by atoms with Crippen molar-refractivity contribution in [3.63, 3.8) is 0 Å². The van der Waals surface area contributed by atoms with E-state index in [1.54, 1.807) is 6.20 Å². The lowest BCUT2D eigenvalue weighted by Crippen LogP contribution is -2.24. The predicted octanol–water partition coefficient (Wildman–Crippen LogP) is 3.27. The first-order valence-electron chi connectivity index (χ1n) is 8.69. The van der Waals surface area contributed by atoms with Gasteiger partial charge in [0.1, 0.15) is 5.82 Å². The number of rotatable bonds is 3. The number of halogens is 1. The lowest BCUT2D eigenvalue weighted by atomic mass is 9.90. The Morgan fingerprint density at radius 2 is 2.00 bits per heavy atom. The van der Waals surface area contributed by atoms with Gasteiger partial charge in [-0.05, 0) is 30.2 Å². The minimum absolute atomic E-state index is 0.0396. The van der Waals surface area contributed by atoms with Crippen LogP contribution in [-0.4, -0.2) is 26.4 Å². The summed E-state index contributed by atoms with van der Waals surface area (Å²) in [4.78, 5) is 0. The average molecular weight is 363 g/mol. The molecule has 0 radical (unpaired) electrons. The molecule has 8 heteroatoms. The monoisotopic (exact) mass is 363 g/mol.